The van der Waals surface area contributed by atoms with Gasteiger partial charge in [0.1, 0.15) is 12.2 Å². The van der Waals surface area contributed by atoms with E-state index in [-0.39, 0.29) is 48.5 Å². The highest BCUT2D eigenvalue weighted by Gasteiger charge is 2.68. The molecule has 2 saturated carbocycles. The number of ketones is 2. The molecule has 0 aromatic heterocycles. The number of allylic oxidation sites excluding steroid dienone is 4. The maximum absolute atomic E-state index is 13.4. The third-order valence-electron chi connectivity index (χ3n) is 9.90. The van der Waals surface area contributed by atoms with Gasteiger partial charge in [-0.3, -0.25) is 9.59 Å². The first-order chi connectivity index (χ1) is 18.4. The molecule has 0 spiro atoms. The maximum Gasteiger partial charge on any atom is 0.338 e. The van der Waals surface area contributed by atoms with Crippen LogP contribution in [0.25, 0.3) is 0 Å². The summed E-state index contributed by atoms with van der Waals surface area (Å²) in [4.78, 5) is 52.9. The van der Waals surface area contributed by atoms with Gasteiger partial charge in [0.05, 0.1) is 11.7 Å². The second-order valence-corrected chi connectivity index (χ2v) is 11.8. The first-order valence-electron chi connectivity index (χ1n) is 13.3. The predicted octanol–water partition coefficient (Wildman–Crippen LogP) is 3.13. The fourth-order valence-electron chi connectivity index (χ4n) is 7.95. The molecule has 0 heterocycles. The Labute approximate surface area is 225 Å². The topological polar surface area (TPSA) is 153 Å². The van der Waals surface area contributed by atoms with Gasteiger partial charge in [0.25, 0.3) is 5.09 Å². The molecule has 0 amide bonds. The molecule has 0 radical (unpaired) electrons. The lowest BCUT2D eigenvalue weighted by Crippen LogP contribution is -2.61. The van der Waals surface area contributed by atoms with Gasteiger partial charge >= 0.3 is 5.97 Å². The van der Waals surface area contributed by atoms with Gasteiger partial charge < -0.3 is 19.8 Å². The minimum Gasteiger partial charge on any atom is -0.454 e. The van der Waals surface area contributed by atoms with Gasteiger partial charge in [-0.2, -0.15) is 0 Å². The monoisotopic (exact) mass is 539 g/mol. The number of aliphatic hydroxyl groups is 2. The number of nitrogens with zero attached hydrogens (tertiary/aromatic N) is 1. The second-order valence-electron chi connectivity index (χ2n) is 11.8. The first-order valence-corrected chi connectivity index (χ1v) is 13.3. The number of carbonyl (C=O) groups is 3. The van der Waals surface area contributed by atoms with Crippen molar-refractivity contribution in [3.05, 3.63) is 69.3 Å². The van der Waals surface area contributed by atoms with Crippen LogP contribution in [0.15, 0.2) is 48.1 Å². The van der Waals surface area contributed by atoms with Crippen LogP contribution >= 0.6 is 0 Å². The van der Waals surface area contributed by atoms with Crippen molar-refractivity contribution < 1.29 is 39.3 Å². The zero-order valence-electron chi connectivity index (χ0n) is 22.0. The number of hydrogen-bond donors (Lipinski definition) is 2. The average molecular weight is 540 g/mol. The van der Waals surface area contributed by atoms with Gasteiger partial charge in [0.15, 0.2) is 12.4 Å². The molecule has 2 fully saturated rings. The molecule has 1 aromatic rings. The Balaban J connectivity index is 1.31. The van der Waals surface area contributed by atoms with E-state index < -0.39 is 46.0 Å². The van der Waals surface area contributed by atoms with E-state index in [0.29, 0.717) is 24.8 Å². The third kappa shape index (κ3) is 4.39. The van der Waals surface area contributed by atoms with Gasteiger partial charge in [-0.05, 0) is 61.3 Å². The summed E-state index contributed by atoms with van der Waals surface area (Å²) >= 11 is 0. The highest BCUT2D eigenvalue weighted by molar-refractivity contribution is 5.95. The summed E-state index contributed by atoms with van der Waals surface area (Å²) in [6.07, 6.45) is 6.88. The van der Waals surface area contributed by atoms with E-state index >= 15 is 0 Å². The standard InChI is InChI=1S/C29H33NO9/c1-27-10-8-20(31)13-19(27)6-7-21-22-9-11-29(35,28(22,2)14-23(32)25(21)27)24(33)16-38-26(34)18-5-3-4-17(12-18)15-39-30(36)37/h3-6,8,10,12,21-23,25,32,35H,7,9,11,13-16H2,1-2H3/t21-,22-,23-,25+,27-,28-,29-/m0/s1. The molecule has 0 aliphatic heterocycles. The van der Waals surface area contributed by atoms with Crippen LogP contribution in [0, 0.1) is 38.7 Å². The summed E-state index contributed by atoms with van der Waals surface area (Å²) < 4.78 is 5.27. The molecule has 2 N–H and O–H groups in total. The van der Waals surface area contributed by atoms with Crippen molar-refractivity contribution in [1.29, 1.82) is 0 Å². The van der Waals surface area contributed by atoms with E-state index in [1.165, 1.54) is 18.2 Å². The highest BCUT2D eigenvalue weighted by Crippen LogP contribution is 2.66. The zero-order valence-corrected chi connectivity index (χ0v) is 22.0. The number of Topliss-reactive ketones (excluding diaryl/α,β-unsaturated/α-hetero) is 1. The Morgan fingerprint density at radius 2 is 2.03 bits per heavy atom. The molecule has 5 rings (SSSR count). The van der Waals surface area contributed by atoms with Crippen LogP contribution in [0.3, 0.4) is 0 Å². The summed E-state index contributed by atoms with van der Waals surface area (Å²) in [5.74, 6) is -1.48. The number of rotatable bonds is 7. The Hall–Kier alpha value is -3.37. The van der Waals surface area contributed by atoms with Crippen LogP contribution < -0.4 is 0 Å². The number of fused-ring (bicyclic) bond motifs is 5. The van der Waals surface area contributed by atoms with Crippen LogP contribution in [0.4, 0.5) is 0 Å². The summed E-state index contributed by atoms with van der Waals surface area (Å²) in [5, 5.41) is 32.8. The van der Waals surface area contributed by atoms with Gasteiger partial charge in [-0.25, -0.2) is 4.79 Å². The molecule has 7 atom stereocenters. The molecule has 4 aliphatic rings. The van der Waals surface area contributed by atoms with Gasteiger partial charge in [0, 0.05) is 23.2 Å². The van der Waals surface area contributed by atoms with E-state index in [9.17, 15) is 34.7 Å². The summed E-state index contributed by atoms with van der Waals surface area (Å²) in [6.45, 7) is 2.95. The van der Waals surface area contributed by atoms with Crippen molar-refractivity contribution in [3.8, 4) is 0 Å². The molecule has 0 bridgehead atoms. The van der Waals surface area contributed by atoms with Gasteiger partial charge in [0.2, 0.25) is 5.78 Å². The summed E-state index contributed by atoms with van der Waals surface area (Å²) in [5.41, 5.74) is -1.61. The van der Waals surface area contributed by atoms with Crippen molar-refractivity contribution in [3.63, 3.8) is 0 Å². The van der Waals surface area contributed by atoms with E-state index in [1.54, 1.807) is 12.1 Å². The van der Waals surface area contributed by atoms with Crippen molar-refractivity contribution in [2.75, 3.05) is 6.61 Å². The number of ether oxygens (including phenoxy) is 1. The Bertz CT molecular complexity index is 1290. The van der Waals surface area contributed by atoms with Crippen LogP contribution in [0.2, 0.25) is 0 Å². The maximum atomic E-state index is 13.4. The SMILES string of the molecule is C[C@]12C=CC(=O)CC1=CC[C@@H]1[C@@H]2[C@@H](O)C[C@@]2(C)[C@H]1CC[C@]2(O)C(=O)COC(=O)c1cccc(CO[N+](=O)[O-])c1. The highest BCUT2D eigenvalue weighted by atomic mass is 16.9. The fraction of sp³-hybridized carbons (Fsp3) is 0.552. The van der Waals surface area contributed by atoms with Crippen molar-refractivity contribution >= 4 is 17.5 Å². The van der Waals surface area contributed by atoms with Crippen molar-refractivity contribution in [2.45, 2.75) is 64.3 Å². The Morgan fingerprint density at radius 1 is 1.26 bits per heavy atom. The number of benzene rings is 1. The largest absolute Gasteiger partial charge is 0.454 e. The molecular formula is C29H33NO9. The van der Waals surface area contributed by atoms with Crippen molar-refractivity contribution in [2.24, 2.45) is 28.6 Å². The molecule has 0 saturated heterocycles. The number of hydrogen-bond acceptors (Lipinski definition) is 9. The number of aliphatic hydroxyl groups excluding tert-OH is 1. The minimum atomic E-state index is -1.77. The van der Waals surface area contributed by atoms with Crippen LogP contribution in [0.1, 0.15) is 61.9 Å². The Morgan fingerprint density at radius 3 is 2.77 bits per heavy atom. The quantitative estimate of drug-likeness (QED) is 0.230. The summed E-state index contributed by atoms with van der Waals surface area (Å²) in [6, 6.07) is 5.92. The normalized spacial score (nSPS) is 36.7. The van der Waals surface area contributed by atoms with E-state index in [0.717, 1.165) is 5.57 Å². The molecular weight excluding hydrogens is 506 g/mol. The van der Waals surface area contributed by atoms with Crippen LogP contribution in [0.5, 0.6) is 0 Å². The molecule has 10 nitrogen and oxygen atoms in total. The van der Waals surface area contributed by atoms with E-state index in [2.05, 4.69) is 17.8 Å². The first kappa shape index (κ1) is 27.2. The fourth-order valence-corrected chi connectivity index (χ4v) is 7.95. The van der Waals surface area contributed by atoms with Crippen LogP contribution in [-0.4, -0.2) is 51.1 Å². The number of carbonyl (C=O) groups excluding carboxylic acids is 3. The molecule has 208 valence electrons. The second kappa shape index (κ2) is 9.67. The molecule has 39 heavy (non-hydrogen) atoms. The number of esters is 1. The smallest absolute Gasteiger partial charge is 0.338 e. The lowest BCUT2D eigenvalue weighted by atomic mass is 9.47. The molecule has 10 heteroatoms. The van der Waals surface area contributed by atoms with Gasteiger partial charge in [-0.1, -0.05) is 43.7 Å². The minimum absolute atomic E-state index is 0.0267. The van der Waals surface area contributed by atoms with Crippen molar-refractivity contribution in [1.82, 2.24) is 0 Å². The molecule has 4 aliphatic carbocycles. The van der Waals surface area contributed by atoms with E-state index in [1.807, 2.05) is 13.0 Å². The predicted molar refractivity (Wildman–Crippen MR) is 136 cm³/mol. The van der Waals surface area contributed by atoms with E-state index in [4.69, 9.17) is 4.74 Å². The third-order valence-corrected chi connectivity index (χ3v) is 9.90. The molecule has 1 aromatic carbocycles. The zero-order chi connectivity index (χ0) is 28.2. The molecule has 0 unspecified atom stereocenters. The Kier molecular flexibility index (Phi) is 6.75. The van der Waals surface area contributed by atoms with Gasteiger partial charge in [-0.15, -0.1) is 10.1 Å². The average Bonchev–Trinajstić information content (AvgIpc) is 3.17. The van der Waals surface area contributed by atoms with Crippen LogP contribution in [-0.2, 0) is 25.8 Å². The lowest BCUT2D eigenvalue weighted by Gasteiger charge is -2.58. The lowest BCUT2D eigenvalue weighted by molar-refractivity contribution is -0.763. The summed E-state index contributed by atoms with van der Waals surface area (Å²) in [7, 11) is 0.